The zero-order valence-electron chi connectivity index (χ0n) is 90.1. The number of esters is 11. The van der Waals surface area contributed by atoms with Gasteiger partial charge in [-0.3, -0.25) is 76.7 Å². The second-order valence-electron chi connectivity index (χ2n) is 37.0. The van der Waals surface area contributed by atoms with E-state index in [-0.39, 0.29) is 132 Å². The van der Waals surface area contributed by atoms with Gasteiger partial charge < -0.3 is 102 Å². The van der Waals surface area contributed by atoms with E-state index in [1.807, 2.05) is 67.2 Å². The van der Waals surface area contributed by atoms with Crippen molar-refractivity contribution in [3.8, 4) is 0 Å². The van der Waals surface area contributed by atoms with E-state index in [4.69, 9.17) is 82.0 Å². The van der Waals surface area contributed by atoms with Crippen molar-refractivity contribution in [1.29, 1.82) is 0 Å². The van der Waals surface area contributed by atoms with Gasteiger partial charge in [-0.2, -0.15) is 0 Å². The molecule has 37 nitrogen and oxygen atoms in total. The smallest absolute Gasteiger partial charge is 0.311 e. The van der Waals surface area contributed by atoms with Crippen molar-refractivity contribution in [3.05, 3.63) is 0 Å². The van der Waals surface area contributed by atoms with Gasteiger partial charge in [0.25, 0.3) is 0 Å². The van der Waals surface area contributed by atoms with Crippen LogP contribution in [0.1, 0.15) is 397 Å². The highest BCUT2D eigenvalue weighted by molar-refractivity contribution is 5.80. The first-order valence-corrected chi connectivity index (χ1v) is 50.9. The molecule has 37 heteroatoms. The summed E-state index contributed by atoms with van der Waals surface area (Å²) in [4.78, 5) is 182. The van der Waals surface area contributed by atoms with Crippen LogP contribution in [-0.4, -0.2) is 266 Å². The predicted molar refractivity (Wildman–Crippen MR) is 528 cm³/mol. The molecule has 0 radical (unpaired) electrons. The van der Waals surface area contributed by atoms with Crippen LogP contribution in [0.4, 0.5) is 0 Å². The molecule has 0 aromatic carbocycles. The van der Waals surface area contributed by atoms with E-state index in [0.29, 0.717) is 109 Å². The Bertz CT molecular complexity index is 3180. The van der Waals surface area contributed by atoms with Crippen LogP contribution in [0.15, 0.2) is 0 Å². The average molecular weight is 2020 g/mol. The Hall–Kier alpha value is -8.68. The zero-order valence-corrected chi connectivity index (χ0v) is 90.1. The van der Waals surface area contributed by atoms with E-state index in [1.54, 1.807) is 76.2 Å². The van der Waals surface area contributed by atoms with Crippen molar-refractivity contribution >= 4 is 95.4 Å². The maximum absolute atomic E-state index is 12.2. The van der Waals surface area contributed by atoms with Gasteiger partial charge in [0.2, 0.25) is 5.91 Å². The minimum absolute atomic E-state index is 0.130. The third-order valence-electron chi connectivity index (χ3n) is 22.4. The highest BCUT2D eigenvalue weighted by Gasteiger charge is 2.33. The molecular formula is C103H189NO36. The minimum atomic E-state index is -1.15. The number of aliphatic hydroxyl groups excluding tert-OH is 3. The molecule has 8 atom stereocenters. The highest BCUT2D eigenvalue weighted by Crippen LogP contribution is 2.26. The van der Waals surface area contributed by atoms with Gasteiger partial charge >= 0.3 is 89.5 Å². The number of hydrogen-bond acceptors (Lipinski definition) is 32. The lowest BCUT2D eigenvalue weighted by atomic mass is 9.91. The number of amides is 1. The SMILES string of the molecule is CCC(C)C(=O)O.CCC(C)C(=O)O.CCC(C)C(=O)O.CCC(C)N1CCCC1=O.CCCC(=O)OCCCCCC(=O)OCC(COC(=O)C(C)(C)CC)OC(=O)CCC(=O)O.CCCC(=O)OCCCCCC(=O)OCC(O)COC(=O)C(C)(C)CC.CCCCOCCCCCC(=O)OCC(O)COC(=O)C(C)(C)CC.CCCCOCCCCCC(=O)OCC(O)COC(=O)C(C)(C)CC. The third-order valence-corrected chi connectivity index (χ3v) is 22.4. The molecule has 822 valence electrons. The molecule has 1 aliphatic heterocycles. The Morgan fingerprint density at radius 2 is 0.564 bits per heavy atom. The Labute approximate surface area is 836 Å². The van der Waals surface area contributed by atoms with Crippen LogP contribution in [-0.2, 0) is 138 Å². The van der Waals surface area contributed by atoms with Crippen LogP contribution in [0.2, 0.25) is 0 Å². The van der Waals surface area contributed by atoms with Crippen LogP contribution >= 0.6 is 0 Å². The number of carboxylic acid groups (broad SMARTS) is 4. The maximum atomic E-state index is 12.2. The minimum Gasteiger partial charge on any atom is -0.481 e. The van der Waals surface area contributed by atoms with Crippen molar-refractivity contribution in [2.75, 3.05) is 99.0 Å². The summed E-state index contributed by atoms with van der Waals surface area (Å²) in [6, 6.07) is 0.454. The molecule has 0 aliphatic carbocycles. The largest absolute Gasteiger partial charge is 0.481 e. The second kappa shape index (κ2) is 91.5. The molecule has 7 N–H and O–H groups in total. The molecule has 0 aromatic heterocycles. The first-order valence-electron chi connectivity index (χ1n) is 50.9. The van der Waals surface area contributed by atoms with Crippen molar-refractivity contribution in [2.24, 2.45) is 39.4 Å². The van der Waals surface area contributed by atoms with Crippen LogP contribution in [0.3, 0.4) is 0 Å². The summed E-state index contributed by atoms with van der Waals surface area (Å²) < 4.78 is 66.5. The fourth-order valence-electron chi connectivity index (χ4n) is 9.70. The third kappa shape index (κ3) is 89.4. The molecule has 0 bridgehead atoms. The number of likely N-dealkylation sites (tertiary alicyclic amines) is 1. The zero-order chi connectivity index (χ0) is 109. The highest BCUT2D eigenvalue weighted by atomic mass is 16.6. The average Bonchev–Trinajstić information content (AvgIpc) is 1.75. The summed E-state index contributed by atoms with van der Waals surface area (Å²) in [6.07, 6.45) is 19.6. The summed E-state index contributed by atoms with van der Waals surface area (Å²) >= 11 is 0. The molecule has 8 unspecified atom stereocenters. The Balaban J connectivity index is -0.000000305. The first kappa shape index (κ1) is 144. The monoisotopic (exact) mass is 2020 g/mol. The number of aliphatic hydroxyl groups is 3. The van der Waals surface area contributed by atoms with Gasteiger partial charge in [0.05, 0.1) is 65.5 Å². The van der Waals surface area contributed by atoms with Crippen molar-refractivity contribution in [1.82, 2.24) is 4.90 Å². The second-order valence-corrected chi connectivity index (χ2v) is 37.0. The van der Waals surface area contributed by atoms with Gasteiger partial charge in [0, 0.05) is 84.0 Å². The fourth-order valence-corrected chi connectivity index (χ4v) is 9.70. The molecular weight excluding hydrogens is 1830 g/mol. The van der Waals surface area contributed by atoms with Crippen LogP contribution in [0.25, 0.3) is 0 Å². The lowest BCUT2D eigenvalue weighted by molar-refractivity contribution is -0.170. The summed E-state index contributed by atoms with van der Waals surface area (Å²) in [5.74, 6) is -7.87. The van der Waals surface area contributed by atoms with E-state index < -0.39 is 100 Å². The van der Waals surface area contributed by atoms with E-state index in [0.717, 1.165) is 155 Å². The van der Waals surface area contributed by atoms with E-state index in [2.05, 4.69) is 27.7 Å². The van der Waals surface area contributed by atoms with Crippen molar-refractivity contribution < 1.29 is 174 Å². The molecule has 1 aliphatic rings. The fraction of sp³-hybridized carbons (Fsp3) is 0.845. The molecule has 1 fully saturated rings. The molecule has 0 aromatic rings. The summed E-state index contributed by atoms with van der Waals surface area (Å²) in [5, 5.41) is 62.4. The lowest BCUT2D eigenvalue weighted by Gasteiger charge is -2.23. The molecule has 1 saturated heterocycles. The number of carbonyl (C=O) groups excluding carboxylic acids is 12. The number of ether oxygens (including phenoxy) is 13. The Morgan fingerprint density at radius 1 is 0.300 bits per heavy atom. The van der Waals surface area contributed by atoms with E-state index in [1.165, 1.54) is 0 Å². The molecule has 0 saturated carbocycles. The van der Waals surface area contributed by atoms with Crippen LogP contribution < -0.4 is 0 Å². The number of carbonyl (C=O) groups is 16. The number of carboxylic acids is 4. The molecule has 1 heterocycles. The first-order chi connectivity index (χ1) is 65.7. The molecule has 1 amide bonds. The topological polar surface area (TPSA) is 538 Å². The number of rotatable bonds is 70. The number of unbranched alkanes of at least 4 members (excludes halogenated alkanes) is 10. The van der Waals surface area contributed by atoms with E-state index in [9.17, 15) is 92.0 Å². The van der Waals surface area contributed by atoms with Crippen LogP contribution in [0.5, 0.6) is 0 Å². The maximum Gasteiger partial charge on any atom is 0.311 e. The molecule has 140 heavy (non-hydrogen) atoms. The Morgan fingerprint density at radius 3 is 0.807 bits per heavy atom. The summed E-state index contributed by atoms with van der Waals surface area (Å²) in [6.45, 7) is 47.7. The predicted octanol–water partition coefficient (Wildman–Crippen LogP) is 17.2. The quantitative estimate of drug-likeness (QED) is 0.0169. The number of hydrogen-bond donors (Lipinski definition) is 7. The molecule has 0 spiro atoms. The summed E-state index contributed by atoms with van der Waals surface area (Å²) in [5.41, 5.74) is -2.46. The van der Waals surface area contributed by atoms with Gasteiger partial charge in [-0.25, -0.2) is 0 Å². The van der Waals surface area contributed by atoms with Gasteiger partial charge in [-0.1, -0.05) is 130 Å². The number of nitrogens with zero attached hydrogens (tertiary/aromatic N) is 1. The van der Waals surface area contributed by atoms with Gasteiger partial charge in [0.1, 0.15) is 71.2 Å². The van der Waals surface area contributed by atoms with Crippen molar-refractivity contribution in [2.45, 2.75) is 428 Å². The lowest BCUT2D eigenvalue weighted by Crippen LogP contribution is -2.34. The van der Waals surface area contributed by atoms with E-state index >= 15 is 0 Å². The van der Waals surface area contributed by atoms with Crippen molar-refractivity contribution in [3.63, 3.8) is 0 Å². The number of aliphatic carboxylic acids is 4. The van der Waals surface area contributed by atoms with Gasteiger partial charge in [-0.15, -0.1) is 0 Å². The summed E-state index contributed by atoms with van der Waals surface area (Å²) in [7, 11) is 0. The van der Waals surface area contributed by atoms with Crippen LogP contribution in [0, 0.1) is 39.4 Å². The normalized spacial score (nSPS) is 13.2. The van der Waals surface area contributed by atoms with Gasteiger partial charge in [-0.05, 0) is 210 Å². The Kier molecular flexibility index (Phi) is 94.3. The molecule has 1 rings (SSSR count). The van der Waals surface area contributed by atoms with Gasteiger partial charge in [0.15, 0.2) is 6.10 Å². The standard InChI is InChI=1S/C23H38O10.C19H34O7.2C19H36O6.C8H15NO.3C5H10O2/c1-5-10-19(26)30-14-9-7-8-11-20(27)31-15-17(33-21(28)13-12-18(24)25)16-32-22(29)23(3,4)6-2;1-5-10-16(21)24-12-9-7-8-11-17(22)25-13-15(20)14-26-18(23)19(3,4)6-2;2*1-5-7-12-23-13-10-8-9-11-17(21)24-14-16(20)15-25-18(22)19(3,4)6-2;1-3-7(2)9-6-4-5-8(9)10;3*1-3-4(2)5(6)7/h17H,5-16H2,1-4H3,(H,24,25);15,20H,5-14H2,1-4H3;2*16,20H,5-15H2,1-4H3;7H,3-6H2,1-2H3;3*4H,3H2,1-2H3,(H,6,7).